The van der Waals surface area contributed by atoms with Gasteiger partial charge in [-0.3, -0.25) is 14.4 Å². The lowest BCUT2D eigenvalue weighted by atomic mass is 10.2. The Morgan fingerprint density at radius 1 is 1.28 bits per heavy atom. The molecular formula is C16H22N8O4S. The van der Waals surface area contributed by atoms with E-state index in [4.69, 9.17) is 15.6 Å². The molecule has 2 amide bonds. The van der Waals surface area contributed by atoms with Gasteiger partial charge in [-0.25, -0.2) is 4.98 Å². The number of amides is 2. The van der Waals surface area contributed by atoms with E-state index < -0.39 is 0 Å². The summed E-state index contributed by atoms with van der Waals surface area (Å²) in [6, 6.07) is 1.88. The molecule has 29 heavy (non-hydrogen) atoms. The molecule has 0 aliphatic carbocycles. The molecule has 0 aromatic carbocycles. The number of nitrogen functional groups attached to an aromatic ring is 1. The predicted octanol–water partition coefficient (Wildman–Crippen LogP) is -0.0130. The number of anilines is 3. The molecule has 1 aliphatic heterocycles. The van der Waals surface area contributed by atoms with Gasteiger partial charge in [-0.15, -0.1) is 10.2 Å². The summed E-state index contributed by atoms with van der Waals surface area (Å²) in [6.45, 7) is 4.12. The Morgan fingerprint density at radius 2 is 1.97 bits per heavy atom. The molecule has 12 nitrogen and oxygen atoms in total. The highest BCUT2D eigenvalue weighted by molar-refractivity contribution is 7.13. The van der Waals surface area contributed by atoms with E-state index in [-0.39, 0.29) is 37.1 Å². The first-order valence-electron chi connectivity index (χ1n) is 8.70. The highest BCUT2D eigenvalue weighted by Gasteiger charge is 2.22. The van der Waals surface area contributed by atoms with Crippen molar-refractivity contribution >= 4 is 46.5 Å². The molecule has 156 valence electrons. The summed E-state index contributed by atoms with van der Waals surface area (Å²) in [5.41, 5.74) is 8.05. The average molecular weight is 422 g/mol. The van der Waals surface area contributed by atoms with Crippen LogP contribution in [0.25, 0.3) is 0 Å². The summed E-state index contributed by atoms with van der Waals surface area (Å²) in [4.78, 5) is 44.7. The maximum atomic E-state index is 12.3. The first-order chi connectivity index (χ1) is 13.9. The fourth-order valence-electron chi connectivity index (χ4n) is 2.71. The Labute approximate surface area is 170 Å². The lowest BCUT2D eigenvalue weighted by Gasteiger charge is -2.35. The number of nitrogens with zero attached hydrogens (tertiary/aromatic N) is 6. The highest BCUT2D eigenvalue weighted by Crippen LogP contribution is 2.16. The Hall–Kier alpha value is -3.35. The van der Waals surface area contributed by atoms with E-state index in [0.29, 0.717) is 31.3 Å². The smallest absolute Gasteiger partial charge is 0.290 e. The van der Waals surface area contributed by atoms with E-state index in [2.05, 4.69) is 30.4 Å². The largest absolute Gasteiger partial charge is 0.483 e. The van der Waals surface area contributed by atoms with Gasteiger partial charge in [0.15, 0.2) is 0 Å². The summed E-state index contributed by atoms with van der Waals surface area (Å²) >= 11 is 1.24. The molecule has 3 heterocycles. The van der Waals surface area contributed by atoms with Crippen LogP contribution in [0, 0.1) is 6.92 Å². The van der Waals surface area contributed by atoms with Crippen LogP contribution in [0.5, 0.6) is 0 Å². The van der Waals surface area contributed by atoms with E-state index in [9.17, 15) is 9.59 Å². The number of hydrogen-bond donors (Lipinski definition) is 3. The van der Waals surface area contributed by atoms with Crippen molar-refractivity contribution < 1.29 is 19.5 Å². The molecule has 0 atom stereocenters. The molecule has 0 radical (unpaired) electrons. The van der Waals surface area contributed by atoms with Crippen LogP contribution in [-0.2, 0) is 14.4 Å². The topological polar surface area (TPSA) is 168 Å². The second-order valence-corrected chi connectivity index (χ2v) is 6.82. The Morgan fingerprint density at radius 3 is 2.55 bits per heavy atom. The first-order valence-corrected chi connectivity index (χ1v) is 9.58. The van der Waals surface area contributed by atoms with Crippen molar-refractivity contribution in [1.82, 2.24) is 25.1 Å². The Bertz CT molecular complexity index is 804. The molecule has 0 bridgehead atoms. The molecule has 3 rings (SSSR count). The summed E-state index contributed by atoms with van der Waals surface area (Å²) in [5.74, 6) is 0.759. The molecule has 4 N–H and O–H groups in total. The van der Waals surface area contributed by atoms with Gasteiger partial charge < -0.3 is 26.0 Å². The molecule has 1 fully saturated rings. The van der Waals surface area contributed by atoms with Gasteiger partial charge in [-0.1, -0.05) is 11.3 Å². The minimum absolute atomic E-state index is 0.0320. The van der Waals surface area contributed by atoms with Crippen molar-refractivity contribution in [2.45, 2.75) is 19.8 Å². The molecule has 0 unspecified atom stereocenters. The van der Waals surface area contributed by atoms with Crippen molar-refractivity contribution in [2.24, 2.45) is 0 Å². The number of carboxylic acid groups (broad SMARTS) is 1. The van der Waals surface area contributed by atoms with Crippen molar-refractivity contribution in [3.05, 3.63) is 17.3 Å². The normalized spacial score (nSPS) is 13.3. The summed E-state index contributed by atoms with van der Waals surface area (Å²) < 4.78 is 0. The Kier molecular flexibility index (Phi) is 8.21. The van der Waals surface area contributed by atoms with Crippen LogP contribution in [0.1, 0.15) is 18.5 Å². The van der Waals surface area contributed by atoms with Gasteiger partial charge in [0.05, 0.1) is 0 Å². The summed E-state index contributed by atoms with van der Waals surface area (Å²) in [5, 5.41) is 17.3. The zero-order valence-corrected chi connectivity index (χ0v) is 16.6. The third-order valence-corrected chi connectivity index (χ3v) is 4.59. The van der Waals surface area contributed by atoms with Gasteiger partial charge in [0.25, 0.3) is 6.47 Å². The number of aromatic nitrogens is 4. The predicted molar refractivity (Wildman–Crippen MR) is 106 cm³/mol. The van der Waals surface area contributed by atoms with E-state index in [0.717, 1.165) is 11.5 Å². The third kappa shape index (κ3) is 6.95. The van der Waals surface area contributed by atoms with Gasteiger partial charge in [-0.2, -0.15) is 4.98 Å². The fraction of sp³-hybridized carbons (Fsp3) is 0.438. The van der Waals surface area contributed by atoms with Crippen LogP contribution >= 0.6 is 11.3 Å². The van der Waals surface area contributed by atoms with Crippen molar-refractivity contribution in [2.75, 3.05) is 42.1 Å². The quantitative estimate of drug-likeness (QED) is 0.557. The van der Waals surface area contributed by atoms with Gasteiger partial charge in [0.1, 0.15) is 11.3 Å². The van der Waals surface area contributed by atoms with E-state index >= 15 is 0 Å². The molecule has 1 saturated heterocycles. The van der Waals surface area contributed by atoms with Crippen molar-refractivity contribution in [1.29, 1.82) is 0 Å². The van der Waals surface area contributed by atoms with E-state index in [1.165, 1.54) is 16.8 Å². The molecular weight excluding hydrogens is 400 g/mol. The zero-order valence-electron chi connectivity index (χ0n) is 15.8. The summed E-state index contributed by atoms with van der Waals surface area (Å²) in [7, 11) is 0. The first kappa shape index (κ1) is 21.9. The average Bonchev–Trinajstić information content (AvgIpc) is 3.19. The Balaban J connectivity index is 0.000000941. The van der Waals surface area contributed by atoms with E-state index in [1.807, 2.05) is 13.0 Å². The lowest BCUT2D eigenvalue weighted by molar-refractivity contribution is -0.133. The van der Waals surface area contributed by atoms with Crippen LogP contribution in [0.15, 0.2) is 11.6 Å². The minimum Gasteiger partial charge on any atom is -0.483 e. The maximum Gasteiger partial charge on any atom is 0.290 e. The van der Waals surface area contributed by atoms with Gasteiger partial charge >= 0.3 is 0 Å². The molecule has 0 saturated carbocycles. The number of rotatable bonds is 5. The van der Waals surface area contributed by atoms with Gasteiger partial charge in [0, 0.05) is 50.8 Å². The van der Waals surface area contributed by atoms with Crippen LogP contribution in [0.2, 0.25) is 0 Å². The number of piperazine rings is 1. The molecule has 1 aliphatic rings. The highest BCUT2D eigenvalue weighted by atomic mass is 32.1. The molecule has 2 aromatic heterocycles. The maximum absolute atomic E-state index is 12.3. The second kappa shape index (κ2) is 10.8. The van der Waals surface area contributed by atoms with Crippen LogP contribution < -0.4 is 16.0 Å². The number of nitrogens with one attached hydrogen (secondary N) is 1. The van der Waals surface area contributed by atoms with Crippen LogP contribution in [0.3, 0.4) is 0 Å². The van der Waals surface area contributed by atoms with Gasteiger partial charge in [-0.05, 0) is 6.92 Å². The zero-order chi connectivity index (χ0) is 21.2. The minimum atomic E-state index is -0.250. The fourth-order valence-corrected chi connectivity index (χ4v) is 3.17. The van der Waals surface area contributed by atoms with E-state index in [1.54, 1.807) is 4.90 Å². The summed E-state index contributed by atoms with van der Waals surface area (Å²) in [6.07, 6.45) is 0.296. The number of carbonyl (C=O) groups excluding carboxylic acids is 2. The monoisotopic (exact) mass is 422 g/mol. The number of carbonyl (C=O) groups is 3. The lowest BCUT2D eigenvalue weighted by Crippen LogP contribution is -2.49. The molecule has 13 heteroatoms. The molecule has 2 aromatic rings. The standard InChI is InChI=1S/C15H20N8O2S.CH2O2/c1-10-8-11(19-14(16)18-10)22-4-6-23(7-5-22)13(25)3-2-12(24)20-15-21-17-9-26-15;2-1-3/h8-9H,2-7H2,1H3,(H2,16,18,19)(H,20,21,24);1H,(H,2,3). The second-order valence-electron chi connectivity index (χ2n) is 5.99. The van der Waals surface area contributed by atoms with Gasteiger partial charge in [0.2, 0.25) is 22.9 Å². The number of aryl methyl sites for hydroxylation is 1. The SMILES string of the molecule is Cc1cc(N2CCN(C(=O)CCC(=O)Nc3nncs3)CC2)nc(N)n1.O=CO. The third-order valence-electron chi connectivity index (χ3n) is 3.99. The van der Waals surface area contributed by atoms with Crippen molar-refractivity contribution in [3.8, 4) is 0 Å². The van der Waals surface area contributed by atoms with Crippen LogP contribution in [0.4, 0.5) is 16.9 Å². The van der Waals surface area contributed by atoms with Crippen LogP contribution in [-0.4, -0.2) is 74.6 Å². The number of hydrogen-bond acceptors (Lipinski definition) is 10. The molecule has 0 spiro atoms. The van der Waals surface area contributed by atoms with Crippen molar-refractivity contribution in [3.63, 3.8) is 0 Å². The number of nitrogens with two attached hydrogens (primary N) is 1.